The van der Waals surface area contributed by atoms with Crippen LogP contribution in [-0.4, -0.2) is 64.2 Å². The van der Waals surface area contributed by atoms with Gasteiger partial charge in [-0.2, -0.15) is 0 Å². The van der Waals surface area contributed by atoms with Crippen molar-refractivity contribution < 1.29 is 13.2 Å². The first-order valence-corrected chi connectivity index (χ1v) is 13.9. The Morgan fingerprint density at radius 3 is 2.41 bits per heavy atom. The highest BCUT2D eigenvalue weighted by atomic mass is 32.2. The molecule has 0 aliphatic carbocycles. The van der Waals surface area contributed by atoms with Gasteiger partial charge in [0.15, 0.2) is 4.96 Å². The second-order valence-corrected chi connectivity index (χ2v) is 11.4. The van der Waals surface area contributed by atoms with E-state index in [2.05, 4.69) is 42.6 Å². The second kappa shape index (κ2) is 9.81. The minimum atomic E-state index is -3.53. The molecule has 4 aromatic rings. The molecular formula is C24H29N5O3S2. The van der Waals surface area contributed by atoms with Crippen molar-refractivity contribution in [1.29, 1.82) is 0 Å². The van der Waals surface area contributed by atoms with Crippen molar-refractivity contribution >= 4 is 26.1 Å². The molecule has 0 aliphatic heterocycles. The summed E-state index contributed by atoms with van der Waals surface area (Å²) >= 11 is 1.50. The van der Waals surface area contributed by atoms with Gasteiger partial charge in [-0.15, -0.1) is 11.3 Å². The molecule has 3 heterocycles. The molecule has 10 heteroatoms. The van der Waals surface area contributed by atoms with Gasteiger partial charge in [0.25, 0.3) is 0 Å². The first kappa shape index (κ1) is 24.3. The van der Waals surface area contributed by atoms with Gasteiger partial charge < -0.3 is 4.74 Å². The monoisotopic (exact) mass is 499 g/mol. The quantitative estimate of drug-likeness (QED) is 0.315. The fourth-order valence-electron chi connectivity index (χ4n) is 3.97. The number of hydrogen-bond donors (Lipinski definition) is 0. The highest BCUT2D eigenvalue weighted by Gasteiger charge is 2.20. The molecule has 0 amide bonds. The Morgan fingerprint density at radius 2 is 1.76 bits per heavy atom. The van der Waals surface area contributed by atoms with Gasteiger partial charge in [-0.1, -0.05) is 0 Å². The van der Waals surface area contributed by atoms with Crippen LogP contribution in [-0.2, 0) is 9.84 Å². The Bertz CT molecular complexity index is 1370. The van der Waals surface area contributed by atoms with Gasteiger partial charge >= 0.3 is 0 Å². The van der Waals surface area contributed by atoms with Crippen LogP contribution in [0.2, 0.25) is 0 Å². The van der Waals surface area contributed by atoms with Crippen molar-refractivity contribution in [2.45, 2.75) is 44.9 Å². The number of imidazole rings is 1. The van der Waals surface area contributed by atoms with Crippen molar-refractivity contribution in [1.82, 2.24) is 24.3 Å². The van der Waals surface area contributed by atoms with Crippen LogP contribution >= 0.6 is 11.3 Å². The first-order valence-electron chi connectivity index (χ1n) is 11.1. The molecule has 0 spiro atoms. The number of benzene rings is 1. The number of nitrogens with zero attached hydrogens (tertiary/aromatic N) is 5. The second-order valence-electron chi connectivity index (χ2n) is 8.66. The van der Waals surface area contributed by atoms with E-state index in [1.54, 1.807) is 6.07 Å². The van der Waals surface area contributed by atoms with Gasteiger partial charge in [0.2, 0.25) is 15.0 Å². The van der Waals surface area contributed by atoms with Crippen LogP contribution < -0.4 is 4.74 Å². The standard InChI is InChI=1S/C24H29N5O3S2/c1-16(2)28(17(3)4)12-14-32-19-8-6-18(7-9-19)21-22(29-13-15-33-24(29)27-21)20-10-11-25-23(26-20)34(5,30)31/h6-11,13,15-17H,12,14H2,1-5H3. The lowest BCUT2D eigenvalue weighted by molar-refractivity contribution is 0.142. The maximum absolute atomic E-state index is 12.0. The van der Waals surface area contributed by atoms with E-state index in [0.717, 1.165) is 40.5 Å². The zero-order valence-corrected chi connectivity index (χ0v) is 21.6. The molecule has 0 saturated carbocycles. The lowest BCUT2D eigenvalue weighted by Crippen LogP contribution is -2.39. The molecule has 34 heavy (non-hydrogen) atoms. The molecule has 0 bridgehead atoms. The smallest absolute Gasteiger partial charge is 0.247 e. The van der Waals surface area contributed by atoms with Crippen molar-refractivity contribution in [3.8, 4) is 28.4 Å². The molecule has 0 aliphatic rings. The van der Waals surface area contributed by atoms with E-state index >= 15 is 0 Å². The van der Waals surface area contributed by atoms with Crippen LogP contribution in [0.5, 0.6) is 5.75 Å². The van der Waals surface area contributed by atoms with E-state index < -0.39 is 9.84 Å². The third kappa shape index (κ3) is 5.13. The summed E-state index contributed by atoms with van der Waals surface area (Å²) in [6.45, 7) is 10.2. The lowest BCUT2D eigenvalue weighted by atomic mass is 10.1. The Hall–Kier alpha value is -2.82. The summed E-state index contributed by atoms with van der Waals surface area (Å²) in [5.74, 6) is 0.792. The molecule has 0 radical (unpaired) electrons. The lowest BCUT2D eigenvalue weighted by Gasteiger charge is -2.30. The summed E-state index contributed by atoms with van der Waals surface area (Å²) in [5.41, 5.74) is 2.84. The van der Waals surface area contributed by atoms with Crippen molar-refractivity contribution in [2.24, 2.45) is 0 Å². The van der Waals surface area contributed by atoms with E-state index in [1.807, 2.05) is 40.2 Å². The van der Waals surface area contributed by atoms with Crippen molar-refractivity contribution in [3.63, 3.8) is 0 Å². The molecular weight excluding hydrogens is 470 g/mol. The molecule has 0 unspecified atom stereocenters. The van der Waals surface area contributed by atoms with Gasteiger partial charge in [0.1, 0.15) is 18.1 Å². The van der Waals surface area contributed by atoms with E-state index in [4.69, 9.17) is 9.72 Å². The molecule has 180 valence electrons. The molecule has 0 saturated heterocycles. The average Bonchev–Trinajstić information content (AvgIpc) is 3.37. The summed E-state index contributed by atoms with van der Waals surface area (Å²) in [6, 6.07) is 10.4. The zero-order valence-electron chi connectivity index (χ0n) is 20.0. The van der Waals surface area contributed by atoms with Gasteiger partial charge in [-0.25, -0.2) is 23.4 Å². The number of hydrogen-bond acceptors (Lipinski definition) is 8. The summed E-state index contributed by atoms with van der Waals surface area (Å²) in [6.07, 6.45) is 4.47. The Labute approximate surface area is 204 Å². The van der Waals surface area contributed by atoms with Crippen LogP contribution in [0.3, 0.4) is 0 Å². The van der Waals surface area contributed by atoms with Crippen LogP contribution in [0.1, 0.15) is 27.7 Å². The van der Waals surface area contributed by atoms with Gasteiger partial charge in [-0.05, 0) is 58.0 Å². The molecule has 0 fully saturated rings. The maximum Gasteiger partial charge on any atom is 0.247 e. The maximum atomic E-state index is 12.0. The number of aromatic nitrogens is 4. The van der Waals surface area contributed by atoms with Crippen LogP contribution in [0.4, 0.5) is 0 Å². The van der Waals surface area contributed by atoms with Gasteiger partial charge in [0, 0.05) is 48.2 Å². The Balaban J connectivity index is 1.61. The third-order valence-corrected chi connectivity index (χ3v) is 7.16. The Kier molecular flexibility index (Phi) is 7.01. The zero-order chi connectivity index (χ0) is 24.5. The SMILES string of the molecule is CC(C)N(CCOc1ccc(-c2nc3sccn3c2-c2ccnc(S(C)(=O)=O)n2)cc1)C(C)C. The predicted molar refractivity (Wildman–Crippen MR) is 135 cm³/mol. The summed E-state index contributed by atoms with van der Waals surface area (Å²) in [4.78, 5) is 16.2. The fourth-order valence-corrected chi connectivity index (χ4v) is 5.20. The highest BCUT2D eigenvalue weighted by Crippen LogP contribution is 2.34. The minimum absolute atomic E-state index is 0.207. The molecule has 8 nitrogen and oxygen atoms in total. The topological polar surface area (TPSA) is 89.7 Å². The molecule has 0 N–H and O–H groups in total. The predicted octanol–water partition coefficient (Wildman–Crippen LogP) is 4.42. The van der Waals surface area contributed by atoms with E-state index in [1.165, 1.54) is 17.5 Å². The number of rotatable bonds is 9. The highest BCUT2D eigenvalue weighted by molar-refractivity contribution is 7.90. The average molecular weight is 500 g/mol. The normalized spacial score (nSPS) is 12.4. The summed E-state index contributed by atoms with van der Waals surface area (Å²) in [7, 11) is -3.53. The fraction of sp³-hybridized carbons (Fsp3) is 0.375. The van der Waals surface area contributed by atoms with Gasteiger partial charge in [-0.3, -0.25) is 9.30 Å². The van der Waals surface area contributed by atoms with Crippen molar-refractivity contribution in [2.75, 3.05) is 19.4 Å². The number of ether oxygens (including phenoxy) is 1. The Morgan fingerprint density at radius 1 is 1.06 bits per heavy atom. The number of thiazole rings is 1. The first-order chi connectivity index (χ1) is 16.1. The van der Waals surface area contributed by atoms with E-state index in [9.17, 15) is 8.42 Å². The van der Waals surface area contributed by atoms with Crippen LogP contribution in [0.25, 0.3) is 27.6 Å². The number of fused-ring (bicyclic) bond motifs is 1. The molecule has 3 aromatic heterocycles. The largest absolute Gasteiger partial charge is 0.492 e. The third-order valence-electron chi connectivity index (χ3n) is 5.54. The summed E-state index contributed by atoms with van der Waals surface area (Å²) < 4.78 is 31.9. The van der Waals surface area contributed by atoms with E-state index in [0.29, 0.717) is 24.4 Å². The molecule has 4 rings (SSSR count). The number of sulfone groups is 1. The van der Waals surface area contributed by atoms with Crippen molar-refractivity contribution in [3.05, 3.63) is 48.1 Å². The van der Waals surface area contributed by atoms with Crippen LogP contribution in [0, 0.1) is 0 Å². The molecule has 0 atom stereocenters. The van der Waals surface area contributed by atoms with E-state index in [-0.39, 0.29) is 5.16 Å². The minimum Gasteiger partial charge on any atom is -0.492 e. The summed E-state index contributed by atoms with van der Waals surface area (Å²) in [5, 5.41) is 1.73. The van der Waals surface area contributed by atoms with Gasteiger partial charge in [0.05, 0.1) is 11.4 Å². The van der Waals surface area contributed by atoms with Crippen LogP contribution in [0.15, 0.2) is 53.3 Å². The molecule has 1 aromatic carbocycles.